The number of hydrogen-bond acceptors (Lipinski definition) is 2. The molecular weight excluding hydrogens is 167 g/mol. The Morgan fingerprint density at radius 3 is 2.82 bits per heavy atom. The highest BCUT2D eigenvalue weighted by Crippen LogP contribution is 2.15. The van der Waals surface area contributed by atoms with Crippen molar-refractivity contribution in [1.82, 2.24) is 4.98 Å². The Kier molecular flexibility index (Phi) is 2.06. The highest BCUT2D eigenvalue weighted by atomic mass is 35.5. The summed E-state index contributed by atoms with van der Waals surface area (Å²) < 4.78 is 12.8. The summed E-state index contributed by atoms with van der Waals surface area (Å²) in [4.78, 5) is 3.62. The third-order valence-corrected chi connectivity index (χ3v) is 1.63. The van der Waals surface area contributed by atoms with Crippen molar-refractivity contribution in [2.75, 3.05) is 0 Å². The predicted molar refractivity (Wildman–Crippen MR) is 38.7 cm³/mol. The second-order valence-electron chi connectivity index (χ2n) is 2.02. The van der Waals surface area contributed by atoms with Crippen LogP contribution >= 0.6 is 11.6 Å². The zero-order valence-corrected chi connectivity index (χ0v) is 6.48. The summed E-state index contributed by atoms with van der Waals surface area (Å²) in [5.74, 6) is -0.499. The van der Waals surface area contributed by atoms with E-state index >= 15 is 0 Å². The maximum atomic E-state index is 12.8. The van der Waals surface area contributed by atoms with Gasteiger partial charge >= 0.3 is 0 Å². The number of halogens is 2. The van der Waals surface area contributed by atoms with Crippen molar-refractivity contribution in [3.8, 4) is 6.07 Å². The van der Waals surface area contributed by atoms with Gasteiger partial charge in [-0.1, -0.05) is 11.6 Å². The molecule has 0 aromatic carbocycles. The zero-order chi connectivity index (χ0) is 8.43. The summed E-state index contributed by atoms with van der Waals surface area (Å²) in [6.45, 7) is 1.51. The third kappa shape index (κ3) is 1.47. The van der Waals surface area contributed by atoms with Crippen molar-refractivity contribution in [3.63, 3.8) is 0 Å². The lowest BCUT2D eigenvalue weighted by Crippen LogP contribution is -1.91. The lowest BCUT2D eigenvalue weighted by atomic mass is 10.2. The summed E-state index contributed by atoms with van der Waals surface area (Å²) in [6.07, 6.45) is 0. The Morgan fingerprint density at radius 2 is 2.36 bits per heavy atom. The van der Waals surface area contributed by atoms with Crippen molar-refractivity contribution < 1.29 is 4.39 Å². The van der Waals surface area contributed by atoms with Crippen LogP contribution in [0.3, 0.4) is 0 Å². The van der Waals surface area contributed by atoms with E-state index in [2.05, 4.69) is 4.98 Å². The van der Waals surface area contributed by atoms with Crippen LogP contribution in [0.4, 0.5) is 4.39 Å². The van der Waals surface area contributed by atoms with E-state index < -0.39 is 5.82 Å². The minimum atomic E-state index is -0.499. The Balaban J connectivity index is 3.35. The fraction of sp³-hybridized carbons (Fsp3) is 0.143. The molecule has 56 valence electrons. The van der Waals surface area contributed by atoms with E-state index in [4.69, 9.17) is 16.9 Å². The normalized spacial score (nSPS) is 9.27. The Hall–Kier alpha value is -1.14. The molecule has 0 spiro atoms. The zero-order valence-electron chi connectivity index (χ0n) is 5.73. The van der Waals surface area contributed by atoms with E-state index in [1.54, 1.807) is 6.07 Å². The molecule has 0 fully saturated rings. The summed E-state index contributed by atoms with van der Waals surface area (Å²) in [5.41, 5.74) is 0.267. The molecule has 0 radical (unpaired) electrons. The molecule has 1 aromatic rings. The number of aromatic nitrogens is 1. The van der Waals surface area contributed by atoms with E-state index in [0.29, 0.717) is 0 Å². The van der Waals surface area contributed by atoms with E-state index in [0.717, 1.165) is 6.07 Å². The Morgan fingerprint density at radius 1 is 1.73 bits per heavy atom. The van der Waals surface area contributed by atoms with Crippen molar-refractivity contribution in [2.45, 2.75) is 6.92 Å². The molecule has 1 heterocycles. The van der Waals surface area contributed by atoms with Gasteiger partial charge < -0.3 is 0 Å². The highest BCUT2D eigenvalue weighted by molar-refractivity contribution is 6.30. The predicted octanol–water partition coefficient (Wildman–Crippen LogP) is 2.05. The standard InChI is InChI=1S/C7H4ClFN2/c1-4-6(9)2-5(3-10)11-7(4)8/h2H,1H3. The lowest BCUT2D eigenvalue weighted by Gasteiger charge is -1.97. The fourth-order valence-corrected chi connectivity index (χ4v) is 0.787. The molecule has 0 amide bonds. The molecule has 0 N–H and O–H groups in total. The first-order valence-electron chi connectivity index (χ1n) is 2.88. The monoisotopic (exact) mass is 170 g/mol. The van der Waals surface area contributed by atoms with E-state index in [9.17, 15) is 4.39 Å². The SMILES string of the molecule is Cc1c(F)cc(C#N)nc1Cl. The van der Waals surface area contributed by atoms with Crippen LogP contribution < -0.4 is 0 Å². The number of rotatable bonds is 0. The van der Waals surface area contributed by atoms with E-state index in [1.807, 2.05) is 0 Å². The first-order valence-corrected chi connectivity index (χ1v) is 3.25. The average Bonchev–Trinajstić information content (AvgIpc) is 1.99. The number of nitrogens with zero attached hydrogens (tertiary/aromatic N) is 2. The van der Waals surface area contributed by atoms with Crippen LogP contribution in [0.25, 0.3) is 0 Å². The molecule has 0 saturated carbocycles. The van der Waals surface area contributed by atoms with Gasteiger partial charge in [-0.05, 0) is 6.92 Å². The molecular formula is C7H4ClFN2. The fourth-order valence-electron chi connectivity index (χ4n) is 0.606. The van der Waals surface area contributed by atoms with Crippen LogP contribution in [0.2, 0.25) is 5.15 Å². The number of hydrogen-bond donors (Lipinski definition) is 0. The maximum absolute atomic E-state index is 12.8. The lowest BCUT2D eigenvalue weighted by molar-refractivity contribution is 0.615. The number of nitriles is 1. The van der Waals surface area contributed by atoms with Gasteiger partial charge in [0.15, 0.2) is 0 Å². The van der Waals surface area contributed by atoms with Gasteiger partial charge in [0.25, 0.3) is 0 Å². The molecule has 0 aliphatic rings. The maximum Gasteiger partial charge on any atom is 0.145 e. The molecule has 11 heavy (non-hydrogen) atoms. The van der Waals surface area contributed by atoms with Crippen LogP contribution in [0, 0.1) is 24.1 Å². The highest BCUT2D eigenvalue weighted by Gasteiger charge is 2.05. The first kappa shape index (κ1) is 7.96. The topological polar surface area (TPSA) is 36.7 Å². The van der Waals surface area contributed by atoms with Crippen molar-refractivity contribution in [3.05, 3.63) is 28.3 Å². The van der Waals surface area contributed by atoms with Crippen LogP contribution in [0.1, 0.15) is 11.3 Å². The summed E-state index contributed by atoms with van der Waals surface area (Å²) in [6, 6.07) is 2.76. The quantitative estimate of drug-likeness (QED) is 0.559. The van der Waals surface area contributed by atoms with Crippen LogP contribution in [0.5, 0.6) is 0 Å². The molecule has 0 atom stereocenters. The van der Waals surface area contributed by atoms with Crippen molar-refractivity contribution in [2.24, 2.45) is 0 Å². The average molecular weight is 171 g/mol. The third-order valence-electron chi connectivity index (χ3n) is 1.26. The second kappa shape index (κ2) is 2.85. The summed E-state index contributed by atoms with van der Waals surface area (Å²) in [7, 11) is 0. The van der Waals surface area contributed by atoms with Gasteiger partial charge in [0, 0.05) is 11.6 Å². The van der Waals surface area contributed by atoms with E-state index in [-0.39, 0.29) is 16.4 Å². The summed E-state index contributed by atoms with van der Waals surface area (Å²) in [5, 5.41) is 8.38. The minimum absolute atomic E-state index is 0.00176. The Labute approximate surface area is 68.2 Å². The van der Waals surface area contributed by atoms with E-state index in [1.165, 1.54) is 6.92 Å². The molecule has 0 aliphatic carbocycles. The summed E-state index contributed by atoms with van der Waals surface area (Å²) >= 11 is 5.50. The van der Waals surface area contributed by atoms with Gasteiger partial charge in [0.1, 0.15) is 22.7 Å². The van der Waals surface area contributed by atoms with Crippen LogP contribution in [-0.4, -0.2) is 4.98 Å². The van der Waals surface area contributed by atoms with Gasteiger partial charge in [0.05, 0.1) is 0 Å². The molecule has 1 rings (SSSR count). The first-order chi connectivity index (χ1) is 5.15. The van der Waals surface area contributed by atoms with Gasteiger partial charge in [0.2, 0.25) is 0 Å². The smallest absolute Gasteiger partial charge is 0.145 e. The van der Waals surface area contributed by atoms with Crippen molar-refractivity contribution in [1.29, 1.82) is 5.26 Å². The van der Waals surface area contributed by atoms with Crippen LogP contribution in [-0.2, 0) is 0 Å². The number of pyridine rings is 1. The van der Waals surface area contributed by atoms with Gasteiger partial charge in [-0.15, -0.1) is 0 Å². The van der Waals surface area contributed by atoms with Gasteiger partial charge in [-0.3, -0.25) is 0 Å². The second-order valence-corrected chi connectivity index (χ2v) is 2.37. The van der Waals surface area contributed by atoms with Gasteiger partial charge in [-0.2, -0.15) is 5.26 Å². The van der Waals surface area contributed by atoms with Gasteiger partial charge in [-0.25, -0.2) is 9.37 Å². The Bertz CT molecular complexity index is 307. The molecule has 0 unspecified atom stereocenters. The van der Waals surface area contributed by atoms with Crippen molar-refractivity contribution >= 4 is 11.6 Å². The van der Waals surface area contributed by atoms with Crippen LogP contribution in [0.15, 0.2) is 6.07 Å². The molecule has 0 bridgehead atoms. The molecule has 4 heteroatoms. The minimum Gasteiger partial charge on any atom is -0.225 e. The molecule has 2 nitrogen and oxygen atoms in total. The molecule has 0 aliphatic heterocycles. The molecule has 0 saturated heterocycles. The molecule has 1 aromatic heterocycles. The largest absolute Gasteiger partial charge is 0.225 e.